The molecule has 7 nitrogen and oxygen atoms in total. The molecule has 0 aliphatic carbocycles. The van der Waals surface area contributed by atoms with Crippen LogP contribution < -0.4 is 5.32 Å². The predicted octanol–water partition coefficient (Wildman–Crippen LogP) is 2.50. The summed E-state index contributed by atoms with van der Waals surface area (Å²) in [4.78, 5) is 6.71. The van der Waals surface area contributed by atoms with Gasteiger partial charge < -0.3 is 9.84 Å². The van der Waals surface area contributed by atoms with Crippen molar-refractivity contribution in [2.24, 2.45) is 0 Å². The fraction of sp³-hybridized carbons (Fsp3) is 0.526. The lowest BCUT2D eigenvalue weighted by Crippen LogP contribution is -2.45. The Hall–Kier alpha value is -2.25. The number of piperidine rings is 1. The van der Waals surface area contributed by atoms with Gasteiger partial charge in [-0.1, -0.05) is 23.4 Å². The third kappa shape index (κ3) is 3.64. The van der Waals surface area contributed by atoms with E-state index in [4.69, 9.17) is 9.62 Å². The molecular formula is C19H26N6O. The maximum absolute atomic E-state index is 5.08. The predicted molar refractivity (Wildman–Crippen MR) is 99.6 cm³/mol. The molecule has 1 N–H and O–H groups in total. The van der Waals surface area contributed by atoms with Gasteiger partial charge in [-0.2, -0.15) is 10.1 Å². The van der Waals surface area contributed by atoms with Crippen LogP contribution in [-0.2, 0) is 19.6 Å². The minimum absolute atomic E-state index is 0.460. The number of hydrogen-bond donors (Lipinski definition) is 1. The van der Waals surface area contributed by atoms with Gasteiger partial charge in [0.25, 0.3) is 0 Å². The first kappa shape index (κ1) is 17.2. The minimum Gasteiger partial charge on any atom is -0.340 e. The van der Waals surface area contributed by atoms with E-state index in [0.717, 1.165) is 44.2 Å². The molecule has 0 saturated carbocycles. The Balaban J connectivity index is 1.38. The molecule has 3 heterocycles. The lowest BCUT2D eigenvalue weighted by Gasteiger charge is -2.32. The quantitative estimate of drug-likeness (QED) is 0.733. The Bertz CT molecular complexity index is 870. The van der Waals surface area contributed by atoms with Gasteiger partial charge in [0, 0.05) is 38.0 Å². The molecule has 3 aromatic rings. The summed E-state index contributed by atoms with van der Waals surface area (Å²) < 4.78 is 7.16. The summed E-state index contributed by atoms with van der Waals surface area (Å²) in [6.45, 7) is 8.49. The highest BCUT2D eigenvalue weighted by molar-refractivity contribution is 5.81. The number of likely N-dealkylation sites (tertiary alicyclic amines) is 1. The number of aryl methyl sites for hydroxylation is 2. The fourth-order valence-electron chi connectivity index (χ4n) is 3.78. The zero-order chi connectivity index (χ0) is 17.9. The van der Waals surface area contributed by atoms with Crippen molar-refractivity contribution in [1.82, 2.24) is 30.1 Å². The number of para-hydroxylation sites is 1. The molecule has 138 valence electrons. The van der Waals surface area contributed by atoms with E-state index in [2.05, 4.69) is 56.2 Å². The van der Waals surface area contributed by atoms with Crippen molar-refractivity contribution < 1.29 is 4.52 Å². The topological polar surface area (TPSA) is 72.0 Å². The maximum atomic E-state index is 5.08. The van der Waals surface area contributed by atoms with Crippen LogP contribution in [0.15, 0.2) is 28.8 Å². The SMILES string of the molecule is CCn1nc(CNC2CCCN(Cc3noc(C)n3)C2)c2ccccc21. The molecular weight excluding hydrogens is 328 g/mol. The average Bonchev–Trinajstić information content (AvgIpc) is 3.23. The Morgan fingerprint density at radius 3 is 3.00 bits per heavy atom. The zero-order valence-electron chi connectivity index (χ0n) is 15.5. The van der Waals surface area contributed by atoms with Gasteiger partial charge >= 0.3 is 0 Å². The van der Waals surface area contributed by atoms with Gasteiger partial charge in [-0.15, -0.1) is 0 Å². The number of rotatable bonds is 6. The van der Waals surface area contributed by atoms with Crippen molar-refractivity contribution in [3.8, 4) is 0 Å². The summed E-state index contributed by atoms with van der Waals surface area (Å²) in [5.74, 6) is 1.40. The van der Waals surface area contributed by atoms with Gasteiger partial charge in [-0.25, -0.2) is 0 Å². The average molecular weight is 354 g/mol. The third-order valence-electron chi connectivity index (χ3n) is 5.03. The van der Waals surface area contributed by atoms with E-state index in [0.29, 0.717) is 11.9 Å². The molecule has 1 atom stereocenters. The van der Waals surface area contributed by atoms with Crippen LogP contribution >= 0.6 is 0 Å². The number of nitrogens with zero attached hydrogens (tertiary/aromatic N) is 5. The summed E-state index contributed by atoms with van der Waals surface area (Å²) in [6, 6.07) is 8.93. The van der Waals surface area contributed by atoms with Crippen LogP contribution in [0.4, 0.5) is 0 Å². The van der Waals surface area contributed by atoms with Crippen LogP contribution in [0.3, 0.4) is 0 Å². The Morgan fingerprint density at radius 1 is 1.31 bits per heavy atom. The molecule has 1 saturated heterocycles. The summed E-state index contributed by atoms with van der Waals surface area (Å²) in [6.07, 6.45) is 2.37. The van der Waals surface area contributed by atoms with Crippen LogP contribution in [0, 0.1) is 6.92 Å². The summed E-state index contributed by atoms with van der Waals surface area (Å²) in [5, 5.41) is 13.8. The van der Waals surface area contributed by atoms with Gasteiger partial charge in [0.15, 0.2) is 5.82 Å². The van der Waals surface area contributed by atoms with E-state index in [1.807, 2.05) is 6.92 Å². The van der Waals surface area contributed by atoms with Crippen LogP contribution in [0.25, 0.3) is 10.9 Å². The van der Waals surface area contributed by atoms with Crippen molar-refractivity contribution in [1.29, 1.82) is 0 Å². The summed E-state index contributed by atoms with van der Waals surface area (Å²) in [5.41, 5.74) is 2.35. The van der Waals surface area contributed by atoms with E-state index < -0.39 is 0 Å². The molecule has 0 spiro atoms. The molecule has 1 fully saturated rings. The second-order valence-corrected chi connectivity index (χ2v) is 6.96. The van der Waals surface area contributed by atoms with Gasteiger partial charge in [0.05, 0.1) is 17.8 Å². The summed E-state index contributed by atoms with van der Waals surface area (Å²) >= 11 is 0. The number of nitrogens with one attached hydrogen (secondary N) is 1. The lowest BCUT2D eigenvalue weighted by atomic mass is 10.1. The monoisotopic (exact) mass is 354 g/mol. The van der Waals surface area contributed by atoms with E-state index in [1.54, 1.807) is 0 Å². The largest absolute Gasteiger partial charge is 0.340 e. The number of aromatic nitrogens is 4. The van der Waals surface area contributed by atoms with Crippen LogP contribution in [0.5, 0.6) is 0 Å². The van der Waals surface area contributed by atoms with Gasteiger partial charge in [-0.3, -0.25) is 9.58 Å². The normalized spacial score (nSPS) is 18.6. The Kier molecular flexibility index (Phi) is 4.99. The number of hydrogen-bond acceptors (Lipinski definition) is 6. The first-order chi connectivity index (χ1) is 12.7. The molecule has 1 aromatic carbocycles. The molecule has 0 bridgehead atoms. The molecule has 0 radical (unpaired) electrons. The highest BCUT2D eigenvalue weighted by Gasteiger charge is 2.21. The molecule has 4 rings (SSSR count). The second kappa shape index (κ2) is 7.55. The van der Waals surface area contributed by atoms with Crippen LogP contribution in [0.2, 0.25) is 0 Å². The molecule has 26 heavy (non-hydrogen) atoms. The molecule has 1 aliphatic rings. The fourth-order valence-corrected chi connectivity index (χ4v) is 3.78. The molecule has 1 unspecified atom stereocenters. The maximum Gasteiger partial charge on any atom is 0.223 e. The van der Waals surface area contributed by atoms with E-state index in [-0.39, 0.29) is 0 Å². The number of benzene rings is 1. The Labute approximate surface area is 153 Å². The zero-order valence-corrected chi connectivity index (χ0v) is 15.5. The number of fused-ring (bicyclic) bond motifs is 1. The molecule has 2 aromatic heterocycles. The summed E-state index contributed by atoms with van der Waals surface area (Å²) in [7, 11) is 0. The molecule has 1 aliphatic heterocycles. The van der Waals surface area contributed by atoms with Crippen LogP contribution in [0.1, 0.15) is 37.2 Å². The first-order valence-corrected chi connectivity index (χ1v) is 9.42. The van der Waals surface area contributed by atoms with Crippen molar-refractivity contribution >= 4 is 10.9 Å². The van der Waals surface area contributed by atoms with Gasteiger partial charge in [0.1, 0.15) is 0 Å². The smallest absolute Gasteiger partial charge is 0.223 e. The Morgan fingerprint density at radius 2 is 2.19 bits per heavy atom. The van der Waals surface area contributed by atoms with Crippen LogP contribution in [-0.4, -0.2) is 44.0 Å². The van der Waals surface area contributed by atoms with Crippen molar-refractivity contribution in [2.75, 3.05) is 13.1 Å². The van der Waals surface area contributed by atoms with Gasteiger partial charge in [-0.05, 0) is 32.4 Å². The van der Waals surface area contributed by atoms with Crippen molar-refractivity contribution in [3.05, 3.63) is 41.7 Å². The van der Waals surface area contributed by atoms with Crippen molar-refractivity contribution in [2.45, 2.75) is 52.4 Å². The first-order valence-electron chi connectivity index (χ1n) is 9.42. The molecule has 7 heteroatoms. The standard InChI is InChI=1S/C19H26N6O/c1-3-25-18-9-5-4-8-16(18)17(22-25)11-20-15-7-6-10-24(12-15)13-19-21-14(2)26-23-19/h4-5,8-9,15,20H,3,6-7,10-13H2,1-2H3. The van der Waals surface area contributed by atoms with Crippen molar-refractivity contribution in [3.63, 3.8) is 0 Å². The highest BCUT2D eigenvalue weighted by atomic mass is 16.5. The van der Waals surface area contributed by atoms with Gasteiger partial charge in [0.2, 0.25) is 5.89 Å². The van der Waals surface area contributed by atoms with E-state index in [9.17, 15) is 0 Å². The van der Waals surface area contributed by atoms with E-state index >= 15 is 0 Å². The molecule has 0 amide bonds. The highest BCUT2D eigenvalue weighted by Crippen LogP contribution is 2.19. The lowest BCUT2D eigenvalue weighted by molar-refractivity contribution is 0.177. The second-order valence-electron chi connectivity index (χ2n) is 6.96. The third-order valence-corrected chi connectivity index (χ3v) is 5.03. The minimum atomic E-state index is 0.460. The van der Waals surface area contributed by atoms with E-state index in [1.165, 1.54) is 23.7 Å².